The van der Waals surface area contributed by atoms with Gasteiger partial charge in [-0.25, -0.2) is 0 Å². The summed E-state index contributed by atoms with van der Waals surface area (Å²) in [5, 5.41) is 3.39. The van der Waals surface area contributed by atoms with E-state index in [1.807, 2.05) is 7.05 Å². The third kappa shape index (κ3) is 3.08. The molecule has 0 aliphatic heterocycles. The molecule has 0 saturated heterocycles. The quantitative estimate of drug-likeness (QED) is 0.816. The minimum absolute atomic E-state index is 0.166. The summed E-state index contributed by atoms with van der Waals surface area (Å²) in [4.78, 5) is 0. The smallest absolute Gasteiger partial charge is 0.0841 e. The van der Waals surface area contributed by atoms with E-state index in [0.717, 1.165) is 12.8 Å². The summed E-state index contributed by atoms with van der Waals surface area (Å²) in [5.41, 5.74) is 2.51. The molecule has 1 aromatic rings. The van der Waals surface area contributed by atoms with Crippen molar-refractivity contribution in [3.05, 3.63) is 35.4 Å². The Labute approximate surface area is 105 Å². The van der Waals surface area contributed by atoms with Gasteiger partial charge in [-0.1, -0.05) is 38.1 Å². The molecule has 2 atom stereocenters. The highest BCUT2D eigenvalue weighted by Crippen LogP contribution is 2.31. The van der Waals surface area contributed by atoms with Crippen LogP contribution in [0, 0.1) is 0 Å². The molecule has 0 bridgehead atoms. The number of rotatable bonds is 6. The number of aryl methyl sites for hydroxylation is 1. The molecule has 17 heavy (non-hydrogen) atoms. The fraction of sp³-hybridized carbons (Fsp3) is 0.600. The van der Waals surface area contributed by atoms with Crippen LogP contribution in [-0.4, -0.2) is 19.8 Å². The predicted octanol–water partition coefficient (Wildman–Crippen LogP) is 3.32. The second-order valence-electron chi connectivity index (χ2n) is 4.69. The van der Waals surface area contributed by atoms with Crippen molar-refractivity contribution < 1.29 is 4.74 Å². The molecule has 2 heteroatoms. The average Bonchev–Trinajstić information content (AvgIpc) is 2.39. The van der Waals surface area contributed by atoms with E-state index in [1.54, 1.807) is 7.11 Å². The summed E-state index contributed by atoms with van der Waals surface area (Å²) in [6.45, 7) is 6.51. The van der Waals surface area contributed by atoms with Crippen molar-refractivity contribution in [1.82, 2.24) is 5.32 Å². The minimum Gasteiger partial charge on any atom is -0.377 e. The lowest BCUT2D eigenvalue weighted by Gasteiger charge is -2.36. The van der Waals surface area contributed by atoms with Crippen molar-refractivity contribution >= 4 is 0 Å². The van der Waals surface area contributed by atoms with E-state index >= 15 is 0 Å². The Kier molecular flexibility index (Phi) is 5.16. The molecule has 1 aromatic carbocycles. The lowest BCUT2D eigenvalue weighted by Crippen LogP contribution is -2.41. The molecule has 0 heterocycles. The SMILES string of the molecule is CCc1cccc(C(NC)C(C)(CC)OC)c1. The summed E-state index contributed by atoms with van der Waals surface area (Å²) in [7, 11) is 3.79. The number of hydrogen-bond acceptors (Lipinski definition) is 2. The van der Waals surface area contributed by atoms with Crippen LogP contribution < -0.4 is 5.32 Å². The van der Waals surface area contributed by atoms with E-state index < -0.39 is 0 Å². The summed E-state index contributed by atoms with van der Waals surface area (Å²) in [6.07, 6.45) is 2.05. The van der Waals surface area contributed by atoms with Crippen LogP contribution in [0.4, 0.5) is 0 Å². The first-order valence-electron chi connectivity index (χ1n) is 6.42. The van der Waals surface area contributed by atoms with Crippen molar-refractivity contribution in [2.24, 2.45) is 0 Å². The highest BCUT2D eigenvalue weighted by Gasteiger charge is 2.32. The molecule has 0 spiro atoms. The molecule has 0 aromatic heterocycles. The van der Waals surface area contributed by atoms with Gasteiger partial charge in [0.05, 0.1) is 11.6 Å². The Bertz CT molecular complexity index is 345. The monoisotopic (exact) mass is 235 g/mol. The van der Waals surface area contributed by atoms with E-state index in [1.165, 1.54) is 11.1 Å². The van der Waals surface area contributed by atoms with E-state index in [-0.39, 0.29) is 11.6 Å². The predicted molar refractivity (Wildman–Crippen MR) is 73.3 cm³/mol. The van der Waals surface area contributed by atoms with Gasteiger partial charge in [-0.05, 0) is 37.9 Å². The number of benzene rings is 1. The van der Waals surface area contributed by atoms with E-state index in [9.17, 15) is 0 Å². The minimum atomic E-state index is -0.166. The van der Waals surface area contributed by atoms with E-state index in [2.05, 4.69) is 50.4 Å². The van der Waals surface area contributed by atoms with Crippen molar-refractivity contribution in [2.45, 2.75) is 45.3 Å². The molecule has 2 nitrogen and oxygen atoms in total. The van der Waals surface area contributed by atoms with Crippen LogP contribution >= 0.6 is 0 Å². The molecule has 1 rings (SSSR count). The molecule has 1 N–H and O–H groups in total. The van der Waals surface area contributed by atoms with Gasteiger partial charge in [0.2, 0.25) is 0 Å². The maximum atomic E-state index is 5.71. The largest absolute Gasteiger partial charge is 0.377 e. The molecule has 0 aliphatic rings. The number of methoxy groups -OCH3 is 1. The number of nitrogens with one attached hydrogen (secondary N) is 1. The maximum Gasteiger partial charge on any atom is 0.0841 e. The van der Waals surface area contributed by atoms with Gasteiger partial charge < -0.3 is 10.1 Å². The van der Waals surface area contributed by atoms with Gasteiger partial charge in [-0.2, -0.15) is 0 Å². The summed E-state index contributed by atoms with van der Waals surface area (Å²) in [6, 6.07) is 8.97. The second-order valence-corrected chi connectivity index (χ2v) is 4.69. The number of likely N-dealkylation sites (N-methyl/N-ethyl adjacent to an activating group) is 1. The molecule has 0 saturated carbocycles. The zero-order chi connectivity index (χ0) is 12.9. The Morgan fingerprint density at radius 3 is 2.53 bits per heavy atom. The molecule has 2 unspecified atom stereocenters. The van der Waals surface area contributed by atoms with Gasteiger partial charge in [0.1, 0.15) is 0 Å². The summed E-state index contributed by atoms with van der Waals surface area (Å²) >= 11 is 0. The molecular weight excluding hydrogens is 210 g/mol. The van der Waals surface area contributed by atoms with Gasteiger partial charge in [-0.15, -0.1) is 0 Å². The Balaban J connectivity index is 3.08. The van der Waals surface area contributed by atoms with Gasteiger partial charge in [0, 0.05) is 7.11 Å². The zero-order valence-electron chi connectivity index (χ0n) is 11.7. The summed E-state index contributed by atoms with van der Waals surface area (Å²) in [5.74, 6) is 0. The van der Waals surface area contributed by atoms with Gasteiger partial charge >= 0.3 is 0 Å². The van der Waals surface area contributed by atoms with Gasteiger partial charge in [0.25, 0.3) is 0 Å². The maximum absolute atomic E-state index is 5.71. The van der Waals surface area contributed by atoms with Crippen LogP contribution in [0.5, 0.6) is 0 Å². The van der Waals surface area contributed by atoms with Crippen LogP contribution in [0.3, 0.4) is 0 Å². The first kappa shape index (κ1) is 14.2. The van der Waals surface area contributed by atoms with Gasteiger partial charge in [-0.3, -0.25) is 0 Å². The second kappa shape index (κ2) is 6.18. The topological polar surface area (TPSA) is 21.3 Å². The average molecular weight is 235 g/mol. The van der Waals surface area contributed by atoms with Crippen molar-refractivity contribution in [1.29, 1.82) is 0 Å². The Hall–Kier alpha value is -0.860. The number of ether oxygens (including phenoxy) is 1. The molecule has 0 fully saturated rings. The number of hydrogen-bond donors (Lipinski definition) is 1. The fourth-order valence-corrected chi connectivity index (χ4v) is 2.28. The lowest BCUT2D eigenvalue weighted by molar-refractivity contribution is -0.0280. The van der Waals surface area contributed by atoms with Crippen LogP contribution in [-0.2, 0) is 11.2 Å². The van der Waals surface area contributed by atoms with E-state index in [0.29, 0.717) is 0 Å². The van der Waals surface area contributed by atoms with Crippen molar-refractivity contribution in [3.8, 4) is 0 Å². The molecule has 96 valence electrons. The van der Waals surface area contributed by atoms with Crippen molar-refractivity contribution in [2.75, 3.05) is 14.2 Å². The Morgan fingerprint density at radius 1 is 1.35 bits per heavy atom. The molecule has 0 aliphatic carbocycles. The fourth-order valence-electron chi connectivity index (χ4n) is 2.28. The first-order valence-corrected chi connectivity index (χ1v) is 6.42. The third-order valence-corrected chi connectivity index (χ3v) is 3.76. The molecule has 0 amide bonds. The van der Waals surface area contributed by atoms with Crippen molar-refractivity contribution in [3.63, 3.8) is 0 Å². The lowest BCUT2D eigenvalue weighted by atomic mass is 9.87. The van der Waals surface area contributed by atoms with Gasteiger partial charge in [0.15, 0.2) is 0 Å². The van der Waals surface area contributed by atoms with Crippen LogP contribution in [0.2, 0.25) is 0 Å². The standard InChI is InChI=1S/C15H25NO/c1-6-12-9-8-10-13(11-12)14(16-4)15(3,7-2)17-5/h8-11,14,16H,6-7H2,1-5H3. The Morgan fingerprint density at radius 2 is 2.06 bits per heavy atom. The molecule has 0 radical (unpaired) electrons. The summed E-state index contributed by atoms with van der Waals surface area (Å²) < 4.78 is 5.71. The van der Waals surface area contributed by atoms with Crippen LogP contribution in [0.25, 0.3) is 0 Å². The third-order valence-electron chi connectivity index (χ3n) is 3.76. The van der Waals surface area contributed by atoms with Crippen LogP contribution in [0.1, 0.15) is 44.4 Å². The van der Waals surface area contributed by atoms with E-state index in [4.69, 9.17) is 4.74 Å². The zero-order valence-corrected chi connectivity index (χ0v) is 11.7. The normalized spacial score (nSPS) is 16.5. The van der Waals surface area contributed by atoms with Crippen LogP contribution in [0.15, 0.2) is 24.3 Å². The molecular formula is C15H25NO. The first-order chi connectivity index (χ1) is 8.11. The highest BCUT2D eigenvalue weighted by molar-refractivity contribution is 5.28. The highest BCUT2D eigenvalue weighted by atomic mass is 16.5.